The van der Waals surface area contributed by atoms with Gasteiger partial charge < -0.3 is 9.88 Å². The smallest absolute Gasteiger partial charge is 0.0860 e. The van der Waals surface area contributed by atoms with Crippen molar-refractivity contribution in [2.75, 3.05) is 13.1 Å². The molecule has 0 saturated carbocycles. The van der Waals surface area contributed by atoms with Gasteiger partial charge in [0.2, 0.25) is 0 Å². The van der Waals surface area contributed by atoms with E-state index in [4.69, 9.17) is 0 Å². The lowest BCUT2D eigenvalue weighted by Crippen LogP contribution is -2.29. The number of halogens is 2. The highest BCUT2D eigenvalue weighted by molar-refractivity contribution is 9.10. The first-order chi connectivity index (χ1) is 7.86. The van der Waals surface area contributed by atoms with Crippen LogP contribution in [0.3, 0.4) is 0 Å². The Kier molecular flexibility index (Phi) is 4.07. The van der Waals surface area contributed by atoms with E-state index in [2.05, 4.69) is 42.9 Å². The van der Waals surface area contributed by atoms with Crippen LogP contribution in [0.25, 0.3) is 10.9 Å². The number of fused-ring (bicyclic) bond motifs is 1. The monoisotopic (exact) mass is 315 g/mol. The van der Waals surface area contributed by atoms with Crippen molar-refractivity contribution >= 4 is 39.2 Å². The molecule has 0 unspecified atom stereocenters. The Morgan fingerprint density at radius 1 is 1.35 bits per heavy atom. The Balaban J connectivity index is 0.00000108. The predicted octanol–water partition coefficient (Wildman–Crippen LogP) is 3.15. The highest BCUT2D eigenvalue weighted by atomic mass is 79.9. The molecule has 3 nitrogen and oxygen atoms in total. The van der Waals surface area contributed by atoms with Crippen LogP contribution in [0.15, 0.2) is 29.1 Å². The average molecular weight is 317 g/mol. The quantitative estimate of drug-likeness (QED) is 0.876. The molecule has 2 aromatic heterocycles. The number of aromatic nitrogens is 2. The second-order valence-corrected chi connectivity index (χ2v) is 5.07. The molecule has 0 bridgehead atoms. The molecule has 1 aliphatic rings. The van der Waals surface area contributed by atoms with E-state index >= 15 is 0 Å². The van der Waals surface area contributed by atoms with Gasteiger partial charge in [-0.1, -0.05) is 0 Å². The second kappa shape index (κ2) is 5.38. The summed E-state index contributed by atoms with van der Waals surface area (Å²) < 4.78 is 3.57. The van der Waals surface area contributed by atoms with E-state index in [1.165, 1.54) is 28.3 Å². The molecule has 5 heteroatoms. The number of piperidine rings is 1. The van der Waals surface area contributed by atoms with E-state index in [0.29, 0.717) is 6.04 Å². The van der Waals surface area contributed by atoms with Crippen LogP contribution < -0.4 is 5.32 Å². The summed E-state index contributed by atoms with van der Waals surface area (Å²) >= 11 is 3.66. The number of rotatable bonds is 1. The molecule has 1 aliphatic heterocycles. The molecule has 17 heavy (non-hydrogen) atoms. The van der Waals surface area contributed by atoms with Gasteiger partial charge in [0.1, 0.15) is 0 Å². The summed E-state index contributed by atoms with van der Waals surface area (Å²) in [7, 11) is 0. The number of pyridine rings is 1. The van der Waals surface area contributed by atoms with E-state index in [1.807, 2.05) is 12.4 Å². The van der Waals surface area contributed by atoms with Crippen molar-refractivity contribution in [1.29, 1.82) is 0 Å². The standard InChI is InChI=1S/C12H14BrN3.ClH/c13-12-7-9-8-15-6-3-11(9)16(12)10-1-4-14-5-2-10;/h3,6-8,10,14H,1-2,4-5H2;1H. The minimum atomic E-state index is 0. The van der Waals surface area contributed by atoms with E-state index in [9.17, 15) is 0 Å². The number of nitrogens with zero attached hydrogens (tertiary/aromatic N) is 2. The van der Waals surface area contributed by atoms with Crippen molar-refractivity contribution in [1.82, 2.24) is 14.9 Å². The van der Waals surface area contributed by atoms with Crippen molar-refractivity contribution < 1.29 is 0 Å². The van der Waals surface area contributed by atoms with Gasteiger partial charge in [-0.25, -0.2) is 0 Å². The molecule has 0 spiro atoms. The Bertz CT molecular complexity index is 505. The molecule has 0 radical (unpaired) electrons. The zero-order valence-electron chi connectivity index (χ0n) is 9.40. The normalized spacial score (nSPS) is 17.0. The molecule has 0 atom stereocenters. The van der Waals surface area contributed by atoms with Crippen LogP contribution in [0, 0.1) is 0 Å². The molecule has 0 aromatic carbocycles. The maximum atomic E-state index is 4.17. The molecule has 1 saturated heterocycles. The first kappa shape index (κ1) is 12.9. The summed E-state index contributed by atoms with van der Waals surface area (Å²) in [4.78, 5) is 4.17. The first-order valence-electron chi connectivity index (χ1n) is 5.67. The summed E-state index contributed by atoms with van der Waals surface area (Å²) in [5.74, 6) is 0. The van der Waals surface area contributed by atoms with E-state index < -0.39 is 0 Å². The fraction of sp³-hybridized carbons (Fsp3) is 0.417. The van der Waals surface area contributed by atoms with Gasteiger partial charge in [0, 0.05) is 23.8 Å². The molecule has 92 valence electrons. The zero-order valence-corrected chi connectivity index (χ0v) is 11.8. The molecule has 0 aliphatic carbocycles. The maximum absolute atomic E-state index is 4.17. The molecule has 1 N–H and O–H groups in total. The van der Waals surface area contributed by atoms with Crippen LogP contribution in [0.4, 0.5) is 0 Å². The molecule has 1 fully saturated rings. The van der Waals surface area contributed by atoms with Gasteiger partial charge in [0.25, 0.3) is 0 Å². The Hall–Kier alpha value is -0.580. The van der Waals surface area contributed by atoms with Crippen molar-refractivity contribution in [3.05, 3.63) is 29.1 Å². The fourth-order valence-corrected chi connectivity index (χ4v) is 3.21. The van der Waals surface area contributed by atoms with Gasteiger partial charge in [0.05, 0.1) is 10.1 Å². The van der Waals surface area contributed by atoms with Crippen LogP contribution >= 0.6 is 28.3 Å². The Morgan fingerprint density at radius 2 is 2.12 bits per heavy atom. The van der Waals surface area contributed by atoms with E-state index in [0.717, 1.165) is 13.1 Å². The number of hydrogen-bond acceptors (Lipinski definition) is 2. The van der Waals surface area contributed by atoms with Gasteiger partial charge in [-0.15, -0.1) is 12.4 Å². The summed E-state index contributed by atoms with van der Waals surface area (Å²) in [6.07, 6.45) is 6.19. The van der Waals surface area contributed by atoms with Crippen molar-refractivity contribution in [2.24, 2.45) is 0 Å². The highest BCUT2D eigenvalue weighted by Crippen LogP contribution is 2.31. The lowest BCUT2D eigenvalue weighted by atomic mass is 10.1. The summed E-state index contributed by atoms with van der Waals surface area (Å²) in [6, 6.07) is 4.86. The summed E-state index contributed by atoms with van der Waals surface area (Å²) in [6.45, 7) is 2.23. The van der Waals surface area contributed by atoms with Crippen LogP contribution in [-0.2, 0) is 0 Å². The molecular formula is C12H15BrClN3. The molecule has 3 rings (SSSR count). The SMILES string of the molecule is Brc1cc2cnccc2n1C1CCNCC1.Cl. The molecule has 3 heterocycles. The van der Waals surface area contributed by atoms with Gasteiger partial charge >= 0.3 is 0 Å². The number of hydrogen-bond donors (Lipinski definition) is 1. The summed E-state index contributed by atoms with van der Waals surface area (Å²) in [5, 5.41) is 4.62. The Morgan fingerprint density at radius 3 is 2.88 bits per heavy atom. The lowest BCUT2D eigenvalue weighted by Gasteiger charge is -2.25. The molecule has 0 amide bonds. The maximum Gasteiger partial charge on any atom is 0.0860 e. The van der Waals surface area contributed by atoms with E-state index in [1.54, 1.807) is 0 Å². The fourth-order valence-electron chi connectivity index (χ4n) is 2.48. The minimum absolute atomic E-state index is 0. The summed E-state index contributed by atoms with van der Waals surface area (Å²) in [5.41, 5.74) is 1.29. The minimum Gasteiger partial charge on any atom is -0.332 e. The van der Waals surface area contributed by atoms with Crippen molar-refractivity contribution in [3.8, 4) is 0 Å². The third kappa shape index (κ3) is 2.34. The Labute approximate surface area is 115 Å². The predicted molar refractivity (Wildman–Crippen MR) is 75.8 cm³/mol. The highest BCUT2D eigenvalue weighted by Gasteiger charge is 2.18. The molecule has 2 aromatic rings. The van der Waals surface area contributed by atoms with Crippen LogP contribution in [0.5, 0.6) is 0 Å². The number of nitrogens with one attached hydrogen (secondary N) is 1. The van der Waals surface area contributed by atoms with Gasteiger partial charge in [0.15, 0.2) is 0 Å². The third-order valence-electron chi connectivity index (χ3n) is 3.27. The third-order valence-corrected chi connectivity index (χ3v) is 3.88. The van der Waals surface area contributed by atoms with Gasteiger partial charge in [-0.2, -0.15) is 0 Å². The molecular weight excluding hydrogens is 302 g/mol. The average Bonchev–Trinajstić information content (AvgIpc) is 2.66. The largest absolute Gasteiger partial charge is 0.332 e. The zero-order chi connectivity index (χ0) is 11.0. The van der Waals surface area contributed by atoms with Crippen LogP contribution in [0.1, 0.15) is 18.9 Å². The van der Waals surface area contributed by atoms with Crippen molar-refractivity contribution in [2.45, 2.75) is 18.9 Å². The lowest BCUT2D eigenvalue weighted by molar-refractivity contribution is 0.372. The van der Waals surface area contributed by atoms with E-state index in [-0.39, 0.29) is 12.4 Å². The van der Waals surface area contributed by atoms with Crippen LogP contribution in [-0.4, -0.2) is 22.6 Å². The van der Waals surface area contributed by atoms with Gasteiger partial charge in [-0.05, 0) is 54.0 Å². The van der Waals surface area contributed by atoms with Crippen LogP contribution in [0.2, 0.25) is 0 Å². The van der Waals surface area contributed by atoms with Gasteiger partial charge in [-0.3, -0.25) is 4.98 Å². The first-order valence-corrected chi connectivity index (χ1v) is 6.47. The van der Waals surface area contributed by atoms with Crippen molar-refractivity contribution in [3.63, 3.8) is 0 Å². The topological polar surface area (TPSA) is 29.9 Å². The second-order valence-electron chi connectivity index (χ2n) is 4.25.